The van der Waals surface area contributed by atoms with Gasteiger partial charge in [-0.1, -0.05) is 48.8 Å². The zero-order valence-corrected chi connectivity index (χ0v) is 13.5. The molecule has 1 aromatic carbocycles. The fourth-order valence-corrected chi connectivity index (χ4v) is 2.83. The SMILES string of the molecule is CCCNCC(Cc1cccc(Br)c1)CC(C)C. The van der Waals surface area contributed by atoms with Crippen LogP contribution in [0.5, 0.6) is 0 Å². The van der Waals surface area contributed by atoms with Gasteiger partial charge in [0.25, 0.3) is 0 Å². The fraction of sp³-hybridized carbons (Fsp3) is 0.625. The summed E-state index contributed by atoms with van der Waals surface area (Å²) in [5.41, 5.74) is 1.44. The Hall–Kier alpha value is -0.340. The van der Waals surface area contributed by atoms with Crippen LogP contribution in [-0.4, -0.2) is 13.1 Å². The van der Waals surface area contributed by atoms with Gasteiger partial charge in [-0.25, -0.2) is 0 Å². The molecule has 0 fully saturated rings. The quantitative estimate of drug-likeness (QED) is 0.689. The highest BCUT2D eigenvalue weighted by molar-refractivity contribution is 9.10. The van der Waals surface area contributed by atoms with Gasteiger partial charge in [-0.05, 0) is 61.9 Å². The average Bonchev–Trinajstić information content (AvgIpc) is 2.28. The van der Waals surface area contributed by atoms with Gasteiger partial charge in [-0.3, -0.25) is 0 Å². The standard InChI is InChI=1S/C16H26BrN/c1-4-8-18-12-15(9-13(2)3)10-14-6-5-7-16(17)11-14/h5-7,11,13,15,18H,4,8-10,12H2,1-3H3. The molecule has 1 nitrogen and oxygen atoms in total. The molecule has 0 spiro atoms. The van der Waals surface area contributed by atoms with E-state index in [2.05, 4.69) is 66.3 Å². The Morgan fingerprint density at radius 3 is 2.67 bits per heavy atom. The van der Waals surface area contributed by atoms with Gasteiger partial charge in [0, 0.05) is 4.47 Å². The Balaban J connectivity index is 2.53. The molecule has 0 saturated carbocycles. The predicted molar refractivity (Wildman–Crippen MR) is 84.0 cm³/mol. The molecular formula is C16H26BrN. The zero-order chi connectivity index (χ0) is 13.4. The molecule has 0 aliphatic rings. The van der Waals surface area contributed by atoms with Crippen molar-refractivity contribution in [2.24, 2.45) is 11.8 Å². The Kier molecular flexibility index (Phi) is 7.60. The van der Waals surface area contributed by atoms with E-state index in [0.717, 1.165) is 24.9 Å². The number of hydrogen-bond acceptors (Lipinski definition) is 1. The third-order valence-electron chi connectivity index (χ3n) is 3.08. The van der Waals surface area contributed by atoms with Crippen LogP contribution in [-0.2, 0) is 6.42 Å². The predicted octanol–water partition coefficient (Wildman–Crippen LogP) is 4.65. The first-order valence-electron chi connectivity index (χ1n) is 7.07. The normalized spacial score (nSPS) is 12.9. The van der Waals surface area contributed by atoms with Crippen molar-refractivity contribution in [1.29, 1.82) is 0 Å². The Labute approximate surface area is 120 Å². The molecule has 0 radical (unpaired) electrons. The molecule has 0 heterocycles. The molecule has 1 unspecified atom stereocenters. The fourth-order valence-electron chi connectivity index (χ4n) is 2.39. The van der Waals surface area contributed by atoms with Crippen LogP contribution in [0.2, 0.25) is 0 Å². The monoisotopic (exact) mass is 311 g/mol. The molecule has 0 aromatic heterocycles. The van der Waals surface area contributed by atoms with Gasteiger partial charge in [-0.2, -0.15) is 0 Å². The van der Waals surface area contributed by atoms with E-state index in [1.54, 1.807) is 0 Å². The maximum Gasteiger partial charge on any atom is 0.0177 e. The van der Waals surface area contributed by atoms with Crippen LogP contribution >= 0.6 is 15.9 Å². The minimum Gasteiger partial charge on any atom is -0.316 e. The third kappa shape index (κ3) is 6.55. The van der Waals surface area contributed by atoms with E-state index in [4.69, 9.17) is 0 Å². The summed E-state index contributed by atoms with van der Waals surface area (Å²) >= 11 is 3.55. The van der Waals surface area contributed by atoms with E-state index < -0.39 is 0 Å². The van der Waals surface area contributed by atoms with E-state index in [0.29, 0.717) is 0 Å². The molecule has 1 N–H and O–H groups in total. The first-order valence-corrected chi connectivity index (χ1v) is 7.86. The van der Waals surface area contributed by atoms with E-state index in [-0.39, 0.29) is 0 Å². The van der Waals surface area contributed by atoms with Gasteiger partial charge in [0.1, 0.15) is 0 Å². The molecule has 0 saturated heterocycles. The molecule has 0 amide bonds. The number of hydrogen-bond donors (Lipinski definition) is 1. The van der Waals surface area contributed by atoms with Gasteiger partial charge in [0.2, 0.25) is 0 Å². The largest absolute Gasteiger partial charge is 0.316 e. The van der Waals surface area contributed by atoms with Crippen LogP contribution in [0.25, 0.3) is 0 Å². The van der Waals surface area contributed by atoms with Crippen molar-refractivity contribution in [2.75, 3.05) is 13.1 Å². The van der Waals surface area contributed by atoms with Crippen LogP contribution in [0, 0.1) is 11.8 Å². The van der Waals surface area contributed by atoms with Gasteiger partial charge < -0.3 is 5.32 Å². The second-order valence-electron chi connectivity index (χ2n) is 5.53. The molecule has 102 valence electrons. The van der Waals surface area contributed by atoms with Gasteiger partial charge in [0.15, 0.2) is 0 Å². The Bertz CT molecular complexity index is 336. The summed E-state index contributed by atoms with van der Waals surface area (Å²) in [7, 11) is 0. The van der Waals surface area contributed by atoms with Crippen LogP contribution < -0.4 is 5.32 Å². The summed E-state index contributed by atoms with van der Waals surface area (Å²) in [6.07, 6.45) is 3.68. The Morgan fingerprint density at radius 1 is 1.28 bits per heavy atom. The van der Waals surface area contributed by atoms with Crippen LogP contribution in [0.4, 0.5) is 0 Å². The van der Waals surface area contributed by atoms with Gasteiger partial charge >= 0.3 is 0 Å². The van der Waals surface area contributed by atoms with Gasteiger partial charge in [-0.15, -0.1) is 0 Å². The van der Waals surface area contributed by atoms with Crippen molar-refractivity contribution >= 4 is 15.9 Å². The number of nitrogens with one attached hydrogen (secondary N) is 1. The lowest BCUT2D eigenvalue weighted by Crippen LogP contribution is -2.26. The first kappa shape index (κ1) is 15.7. The second kappa shape index (κ2) is 8.71. The van der Waals surface area contributed by atoms with Crippen molar-refractivity contribution < 1.29 is 0 Å². The van der Waals surface area contributed by atoms with Crippen LogP contribution in [0.1, 0.15) is 39.2 Å². The average molecular weight is 312 g/mol. The summed E-state index contributed by atoms with van der Waals surface area (Å²) in [5.74, 6) is 1.51. The summed E-state index contributed by atoms with van der Waals surface area (Å²) in [6.45, 7) is 9.12. The number of benzene rings is 1. The van der Waals surface area contributed by atoms with E-state index >= 15 is 0 Å². The summed E-state index contributed by atoms with van der Waals surface area (Å²) < 4.78 is 1.19. The molecule has 1 atom stereocenters. The highest BCUT2D eigenvalue weighted by atomic mass is 79.9. The molecule has 18 heavy (non-hydrogen) atoms. The highest BCUT2D eigenvalue weighted by Crippen LogP contribution is 2.19. The maximum atomic E-state index is 3.56. The topological polar surface area (TPSA) is 12.0 Å². The molecular weight excluding hydrogens is 286 g/mol. The van der Waals surface area contributed by atoms with Crippen molar-refractivity contribution in [3.05, 3.63) is 34.3 Å². The number of halogens is 1. The number of rotatable bonds is 8. The van der Waals surface area contributed by atoms with Crippen molar-refractivity contribution in [3.63, 3.8) is 0 Å². The maximum absolute atomic E-state index is 3.56. The molecule has 0 aliphatic heterocycles. The van der Waals surface area contributed by atoms with Crippen LogP contribution in [0.15, 0.2) is 28.7 Å². The Morgan fingerprint density at radius 2 is 2.06 bits per heavy atom. The van der Waals surface area contributed by atoms with E-state index in [9.17, 15) is 0 Å². The lowest BCUT2D eigenvalue weighted by Gasteiger charge is -2.20. The lowest BCUT2D eigenvalue weighted by molar-refractivity contribution is 0.385. The minimum absolute atomic E-state index is 0.742. The van der Waals surface area contributed by atoms with E-state index in [1.165, 1.54) is 29.3 Å². The van der Waals surface area contributed by atoms with Crippen molar-refractivity contribution in [3.8, 4) is 0 Å². The smallest absolute Gasteiger partial charge is 0.0177 e. The lowest BCUT2D eigenvalue weighted by atomic mass is 9.91. The van der Waals surface area contributed by atoms with Crippen molar-refractivity contribution in [2.45, 2.75) is 40.0 Å². The summed E-state index contributed by atoms with van der Waals surface area (Å²) in [4.78, 5) is 0. The molecule has 1 aromatic rings. The van der Waals surface area contributed by atoms with Gasteiger partial charge in [0.05, 0.1) is 0 Å². The molecule has 0 aliphatic carbocycles. The third-order valence-corrected chi connectivity index (χ3v) is 3.57. The molecule has 1 rings (SSSR count). The highest BCUT2D eigenvalue weighted by Gasteiger charge is 2.11. The second-order valence-corrected chi connectivity index (χ2v) is 6.45. The first-order chi connectivity index (χ1) is 8.61. The zero-order valence-electron chi connectivity index (χ0n) is 11.9. The minimum atomic E-state index is 0.742. The molecule has 0 bridgehead atoms. The molecule has 2 heteroatoms. The van der Waals surface area contributed by atoms with E-state index in [1.807, 2.05) is 0 Å². The van der Waals surface area contributed by atoms with Crippen LogP contribution in [0.3, 0.4) is 0 Å². The summed E-state index contributed by atoms with van der Waals surface area (Å²) in [6, 6.07) is 8.70. The summed E-state index contributed by atoms with van der Waals surface area (Å²) in [5, 5.41) is 3.56. The van der Waals surface area contributed by atoms with Crippen molar-refractivity contribution in [1.82, 2.24) is 5.32 Å².